The van der Waals surface area contributed by atoms with Gasteiger partial charge in [0.25, 0.3) is 20.2 Å². The Hall–Kier alpha value is -4.80. The summed E-state index contributed by atoms with van der Waals surface area (Å²) in [5.74, 6) is -3.29. The molecule has 7 N–H and O–H groups in total. The van der Waals surface area contributed by atoms with Crippen molar-refractivity contribution in [2.24, 2.45) is 20.5 Å². The molecule has 0 saturated carbocycles. The predicted octanol–water partition coefficient (Wildman–Crippen LogP) is 2.65. The second-order valence-electron chi connectivity index (χ2n) is 11.1. The summed E-state index contributed by atoms with van der Waals surface area (Å²) < 4.78 is 195. The number of phenols is 1. The van der Waals surface area contributed by atoms with Crippen LogP contribution in [-0.4, -0.2) is 106 Å². The molecule has 0 aliphatic rings. The van der Waals surface area contributed by atoms with Gasteiger partial charge >= 0.3 is 20.8 Å². The molecule has 0 amide bonds. The molecule has 4 rings (SSSR count). The number of fused-ring (bicyclic) bond motifs is 1. The lowest BCUT2D eigenvalue weighted by Gasteiger charge is -2.14. The Kier molecular flexibility index (Phi) is 13.3. The Bertz CT molecular complexity index is 3050. The number of nitrogens with zero attached hydrogens (tertiary/aromatic N) is 4. The first-order valence-corrected chi connectivity index (χ1v) is 23.8. The van der Waals surface area contributed by atoms with E-state index in [4.69, 9.17) is 19.6 Å². The summed E-state index contributed by atoms with van der Waals surface area (Å²) >= 11 is 0. The van der Waals surface area contributed by atoms with E-state index >= 15 is 0 Å². The normalized spacial score (nSPS) is 13.5. The number of benzene rings is 4. The van der Waals surface area contributed by atoms with Crippen LogP contribution in [0.2, 0.25) is 0 Å². The zero-order valence-electron chi connectivity index (χ0n) is 28.7. The third kappa shape index (κ3) is 11.4. The van der Waals surface area contributed by atoms with Crippen molar-refractivity contribution in [1.82, 2.24) is 0 Å². The number of anilines is 1. The zero-order valence-corrected chi connectivity index (χ0v) is 33.6. The summed E-state index contributed by atoms with van der Waals surface area (Å²) in [6, 6.07) is 8.28. The van der Waals surface area contributed by atoms with E-state index < -0.39 is 144 Å². The molecule has 316 valence electrons. The van der Waals surface area contributed by atoms with Gasteiger partial charge in [0, 0.05) is 0 Å². The van der Waals surface area contributed by atoms with Crippen LogP contribution in [0.25, 0.3) is 10.8 Å². The first-order chi connectivity index (χ1) is 26.5. The van der Waals surface area contributed by atoms with Gasteiger partial charge in [0.15, 0.2) is 25.4 Å². The molecule has 0 aromatic heterocycles. The Morgan fingerprint density at radius 1 is 0.621 bits per heavy atom. The molecule has 31 heteroatoms. The van der Waals surface area contributed by atoms with Gasteiger partial charge in [0.05, 0.1) is 58.4 Å². The number of nitrogens with two attached hydrogens (primary N) is 1. The summed E-state index contributed by atoms with van der Waals surface area (Å²) in [7, 11) is -28.2. The van der Waals surface area contributed by atoms with E-state index in [9.17, 15) is 64.7 Å². The lowest BCUT2D eigenvalue weighted by Crippen LogP contribution is -2.15. The van der Waals surface area contributed by atoms with Gasteiger partial charge in [0.2, 0.25) is 0 Å². The van der Waals surface area contributed by atoms with E-state index in [0.29, 0.717) is 12.1 Å². The highest BCUT2D eigenvalue weighted by Gasteiger charge is 2.28. The van der Waals surface area contributed by atoms with Crippen LogP contribution >= 0.6 is 0 Å². The van der Waals surface area contributed by atoms with Crippen LogP contribution in [0.1, 0.15) is 0 Å². The molecule has 0 saturated heterocycles. The number of sulfone groups is 2. The van der Waals surface area contributed by atoms with Crippen LogP contribution in [0.15, 0.2) is 94.6 Å². The number of hydrogen-bond acceptors (Lipinski definition) is 21. The Morgan fingerprint density at radius 2 is 1.12 bits per heavy atom. The van der Waals surface area contributed by atoms with Crippen LogP contribution in [0.5, 0.6) is 11.5 Å². The molecule has 58 heavy (non-hydrogen) atoms. The van der Waals surface area contributed by atoms with Gasteiger partial charge in [-0.05, 0) is 53.9 Å². The highest BCUT2D eigenvalue weighted by molar-refractivity contribution is 7.91. The maximum absolute atomic E-state index is 12.8. The molecule has 0 atom stereocenters. The summed E-state index contributed by atoms with van der Waals surface area (Å²) in [5.41, 5.74) is 2.62. The fourth-order valence-electron chi connectivity index (χ4n) is 4.73. The van der Waals surface area contributed by atoms with Crippen LogP contribution in [0, 0.1) is 0 Å². The highest BCUT2D eigenvalue weighted by atomic mass is 32.3. The zero-order chi connectivity index (χ0) is 43.6. The van der Waals surface area contributed by atoms with Crippen molar-refractivity contribution in [2.75, 3.05) is 37.6 Å². The third-order valence-corrected chi connectivity index (χ3v) is 13.3. The Balaban J connectivity index is 1.88. The fourth-order valence-corrected chi connectivity index (χ4v) is 9.09. The van der Waals surface area contributed by atoms with Crippen molar-refractivity contribution in [3.05, 3.63) is 54.6 Å². The minimum Gasteiger partial charge on any atom is -0.505 e. The number of methoxy groups -OCH3 is 1. The van der Waals surface area contributed by atoms with Crippen molar-refractivity contribution in [3.63, 3.8) is 0 Å². The average Bonchev–Trinajstić information content (AvgIpc) is 3.08. The van der Waals surface area contributed by atoms with Crippen molar-refractivity contribution in [3.8, 4) is 11.5 Å². The molecule has 25 nitrogen and oxygen atoms in total. The molecular formula is C27H27N5O20S6. The smallest absolute Gasteiger partial charge is 0.397 e. The summed E-state index contributed by atoms with van der Waals surface area (Å²) in [6.45, 7) is -1.97. The number of azo groups is 2. The summed E-state index contributed by atoms with van der Waals surface area (Å²) in [6.07, 6.45) is 0. The fraction of sp³-hybridized carbons (Fsp3) is 0.185. The lowest BCUT2D eigenvalue weighted by atomic mass is 10.1. The molecule has 0 spiro atoms. The first kappa shape index (κ1) is 45.9. The first-order valence-electron chi connectivity index (χ1n) is 14.9. The molecule has 0 aliphatic heterocycles. The van der Waals surface area contributed by atoms with E-state index in [1.165, 1.54) is 0 Å². The van der Waals surface area contributed by atoms with E-state index in [1.54, 1.807) is 0 Å². The highest BCUT2D eigenvalue weighted by Crippen LogP contribution is 2.48. The minimum atomic E-state index is -5.36. The maximum atomic E-state index is 12.8. The summed E-state index contributed by atoms with van der Waals surface area (Å²) in [5, 5.41) is 25.0. The number of aromatic hydroxyl groups is 1. The van der Waals surface area contributed by atoms with Gasteiger partial charge in [-0.3, -0.25) is 18.2 Å². The van der Waals surface area contributed by atoms with Gasteiger partial charge in [0.1, 0.15) is 32.6 Å². The van der Waals surface area contributed by atoms with Crippen molar-refractivity contribution in [1.29, 1.82) is 0 Å². The Labute approximate surface area is 329 Å². The van der Waals surface area contributed by atoms with Crippen molar-refractivity contribution < 1.29 is 86.9 Å². The van der Waals surface area contributed by atoms with Gasteiger partial charge in [-0.2, -0.15) is 38.8 Å². The monoisotopic (exact) mass is 933 g/mol. The van der Waals surface area contributed by atoms with Crippen molar-refractivity contribution in [2.45, 2.75) is 19.6 Å². The van der Waals surface area contributed by atoms with Crippen LogP contribution in [0.4, 0.5) is 28.4 Å². The van der Waals surface area contributed by atoms with Crippen LogP contribution in [0.3, 0.4) is 0 Å². The molecule has 0 aliphatic carbocycles. The van der Waals surface area contributed by atoms with E-state index in [-0.39, 0.29) is 11.4 Å². The second kappa shape index (κ2) is 16.8. The molecule has 0 radical (unpaired) electrons. The number of phenolic OH excluding ortho intramolecular Hbond substituents is 1. The largest absolute Gasteiger partial charge is 0.505 e. The summed E-state index contributed by atoms with van der Waals surface area (Å²) in [4.78, 5) is -3.36. The van der Waals surface area contributed by atoms with Crippen LogP contribution < -0.4 is 10.5 Å². The third-order valence-electron chi connectivity index (χ3n) is 7.25. The standard InChI is InChI=1S/C27H27N5O20S6/c1-50-20-6-5-18(54(36,37)10-8-52-58(47,48)49)14-19(20)30-31-25-21(55(38,39)40)11-15-12-22(56(41,42)43)26(27(33)23(15)24(25)28)32-29-16-3-2-4-17(13-16)53(34,35)9-7-51-57(44,45)46/h2-6,11-14,33H,7-10,28H2,1H3,(H,38,39,40)(H,41,42,43)(H,44,45,46)(H,47,48,49). The molecule has 0 unspecified atom stereocenters. The van der Waals surface area contributed by atoms with E-state index in [0.717, 1.165) is 49.6 Å². The topological polar surface area (TPSA) is 409 Å². The van der Waals surface area contributed by atoms with E-state index in [2.05, 4.69) is 28.8 Å². The average molecular weight is 934 g/mol. The van der Waals surface area contributed by atoms with Gasteiger partial charge < -0.3 is 15.6 Å². The number of ether oxygens (including phenoxy) is 1. The predicted molar refractivity (Wildman–Crippen MR) is 197 cm³/mol. The molecule has 0 bridgehead atoms. The lowest BCUT2D eigenvalue weighted by molar-refractivity contribution is 0.282. The van der Waals surface area contributed by atoms with E-state index in [1.807, 2.05) is 0 Å². The Morgan fingerprint density at radius 3 is 1.62 bits per heavy atom. The van der Waals surface area contributed by atoms with Gasteiger partial charge in [-0.25, -0.2) is 25.2 Å². The molecule has 4 aromatic rings. The molecular weight excluding hydrogens is 907 g/mol. The maximum Gasteiger partial charge on any atom is 0.397 e. The van der Waals surface area contributed by atoms with Gasteiger partial charge in [-0.15, -0.1) is 15.3 Å². The number of rotatable bonds is 17. The van der Waals surface area contributed by atoms with Gasteiger partial charge in [-0.1, -0.05) is 6.07 Å². The molecule has 4 aromatic carbocycles. The SMILES string of the molecule is COc1ccc(S(=O)(=O)CCOS(=O)(=O)O)cc1N=Nc1c(S(=O)(=O)O)cc2cc(S(=O)(=O)O)c(N=Nc3cccc(S(=O)(=O)CCOS(=O)(=O)O)c3)c(O)c2c1N. The molecule has 0 fully saturated rings. The van der Waals surface area contributed by atoms with Crippen molar-refractivity contribution >= 4 is 99.9 Å². The minimum absolute atomic E-state index is 0.184. The number of nitrogen functional groups attached to an aromatic ring is 1. The van der Waals surface area contributed by atoms with Crippen LogP contribution in [-0.2, 0) is 69.1 Å². The quantitative estimate of drug-likeness (QED) is 0.0503. The molecule has 0 heterocycles. The number of hydrogen-bond donors (Lipinski definition) is 6. The second-order valence-corrected chi connectivity index (χ2v) is 20.3.